The first-order chi connectivity index (χ1) is 21.2. The molecular weight excluding hydrogens is 577 g/mol. The van der Waals surface area contributed by atoms with Crippen molar-refractivity contribution in [2.75, 3.05) is 42.2 Å². The van der Waals surface area contributed by atoms with E-state index in [4.69, 9.17) is 9.47 Å². The molecule has 0 spiro atoms. The molecule has 5 rings (SSSR count). The Hall–Kier alpha value is -5.21. The molecule has 14 heteroatoms. The van der Waals surface area contributed by atoms with E-state index in [0.29, 0.717) is 24.5 Å². The second-order valence-electron chi connectivity index (χ2n) is 10.2. The van der Waals surface area contributed by atoms with Crippen LogP contribution in [0.15, 0.2) is 72.8 Å². The molecule has 2 atom stereocenters. The van der Waals surface area contributed by atoms with Crippen LogP contribution < -0.4 is 15.5 Å². The molecular formula is C30H30FN5O8. The first-order valence-electron chi connectivity index (χ1n) is 13.6. The number of carboxylic acid groups (broad SMARTS) is 2. The lowest BCUT2D eigenvalue weighted by molar-refractivity contribution is -0.120. The first-order valence-corrected chi connectivity index (χ1v) is 13.6. The van der Waals surface area contributed by atoms with Gasteiger partial charge in [0.2, 0.25) is 11.8 Å². The lowest BCUT2D eigenvalue weighted by Gasteiger charge is -2.26. The molecule has 2 fully saturated rings. The summed E-state index contributed by atoms with van der Waals surface area (Å²) < 4.78 is 23.9. The topological polar surface area (TPSA) is 161 Å². The molecule has 0 unspecified atom stereocenters. The van der Waals surface area contributed by atoms with Gasteiger partial charge in [0.25, 0.3) is 0 Å². The smallest absolute Gasteiger partial charge is 0.409 e. The number of hydrogen-bond acceptors (Lipinski definition) is 7. The molecule has 0 saturated carbocycles. The lowest BCUT2D eigenvalue weighted by Crippen LogP contribution is -2.43. The second kappa shape index (κ2) is 13.4. The highest BCUT2D eigenvalue weighted by Crippen LogP contribution is 2.23. The van der Waals surface area contributed by atoms with Gasteiger partial charge in [-0.15, -0.1) is 0 Å². The van der Waals surface area contributed by atoms with Gasteiger partial charge in [-0.1, -0.05) is 24.3 Å². The van der Waals surface area contributed by atoms with Crippen LogP contribution in [0, 0.1) is 5.82 Å². The number of rotatable bonds is 9. The summed E-state index contributed by atoms with van der Waals surface area (Å²) in [4.78, 5) is 51.8. The molecule has 3 aromatic rings. The molecule has 2 aliphatic heterocycles. The molecule has 3 aromatic carbocycles. The Kier molecular flexibility index (Phi) is 9.21. The molecule has 0 bridgehead atoms. The Morgan fingerprint density at radius 2 is 1.11 bits per heavy atom. The van der Waals surface area contributed by atoms with E-state index in [9.17, 15) is 33.8 Å². The fraction of sp³-hybridized carbons (Fsp3) is 0.267. The Morgan fingerprint density at radius 1 is 0.705 bits per heavy atom. The van der Waals surface area contributed by atoms with Gasteiger partial charge in [0.1, 0.15) is 31.4 Å². The lowest BCUT2D eigenvalue weighted by atomic mass is 10.1. The summed E-state index contributed by atoms with van der Waals surface area (Å²) in [6.45, 7) is 0.515. The van der Waals surface area contributed by atoms with Crippen molar-refractivity contribution in [3.05, 3.63) is 89.7 Å². The van der Waals surface area contributed by atoms with E-state index in [0.717, 1.165) is 26.6 Å². The SMILES string of the molecule is O=C(Nc1ccc(CN(Cc2ccc(NC(=O)[C@@H]3COCN3C(=O)O)cc2)c2ccc(F)cc2)cc1)[C@@H]1COCN1C(=O)O. The van der Waals surface area contributed by atoms with Crippen molar-refractivity contribution in [2.45, 2.75) is 25.2 Å². The quantitative estimate of drug-likeness (QED) is 0.285. The van der Waals surface area contributed by atoms with Crippen LogP contribution in [0.25, 0.3) is 0 Å². The highest BCUT2D eigenvalue weighted by molar-refractivity contribution is 5.97. The number of halogens is 1. The number of benzene rings is 3. The number of carbonyl (C=O) groups is 4. The molecule has 13 nitrogen and oxygen atoms in total. The van der Waals surface area contributed by atoms with Crippen LogP contribution in [0.1, 0.15) is 11.1 Å². The van der Waals surface area contributed by atoms with E-state index < -0.39 is 36.1 Å². The predicted molar refractivity (Wildman–Crippen MR) is 155 cm³/mol. The van der Waals surface area contributed by atoms with Crippen molar-refractivity contribution in [2.24, 2.45) is 0 Å². The summed E-state index contributed by atoms with van der Waals surface area (Å²) in [5.74, 6) is -1.33. The van der Waals surface area contributed by atoms with Crippen LogP contribution in [0.4, 0.5) is 31.0 Å². The predicted octanol–water partition coefficient (Wildman–Crippen LogP) is 3.58. The van der Waals surface area contributed by atoms with Crippen LogP contribution in [0.3, 0.4) is 0 Å². The molecule has 4 amide bonds. The Bertz CT molecular complexity index is 1410. The summed E-state index contributed by atoms with van der Waals surface area (Å²) >= 11 is 0. The standard InChI is InChI=1S/C30H30FN5O8/c31-21-5-11-24(12-6-21)34(13-19-1-7-22(8-2-19)32-27(37)25-15-43-17-35(25)29(39)40)14-20-3-9-23(10-4-20)33-28(38)26-16-44-18-36(26)30(41)42/h1-12,25-26H,13-18H2,(H,32,37)(H,33,38)(H,39,40)(H,41,42)/t25-,26-/m0/s1. The van der Waals surface area contributed by atoms with Crippen molar-refractivity contribution < 1.29 is 43.3 Å². The van der Waals surface area contributed by atoms with Crippen molar-refractivity contribution in [1.82, 2.24) is 9.80 Å². The minimum absolute atomic E-state index is 0.0188. The summed E-state index contributed by atoms with van der Waals surface area (Å²) in [6, 6.07) is 18.4. The molecule has 44 heavy (non-hydrogen) atoms. The van der Waals surface area contributed by atoms with Crippen LogP contribution >= 0.6 is 0 Å². The van der Waals surface area contributed by atoms with Gasteiger partial charge in [-0.25, -0.2) is 14.0 Å². The zero-order valence-corrected chi connectivity index (χ0v) is 23.4. The average molecular weight is 608 g/mol. The summed E-state index contributed by atoms with van der Waals surface area (Å²) in [6.07, 6.45) is -2.46. The highest BCUT2D eigenvalue weighted by atomic mass is 19.1. The fourth-order valence-electron chi connectivity index (χ4n) is 4.87. The van der Waals surface area contributed by atoms with E-state index in [1.807, 2.05) is 29.2 Å². The summed E-state index contributed by atoms with van der Waals surface area (Å²) in [5.41, 5.74) is 3.56. The number of carbonyl (C=O) groups excluding carboxylic acids is 2. The molecule has 2 saturated heterocycles. The molecule has 4 N–H and O–H groups in total. The Morgan fingerprint density at radius 3 is 1.50 bits per heavy atom. The monoisotopic (exact) mass is 607 g/mol. The third-order valence-electron chi connectivity index (χ3n) is 7.24. The molecule has 0 aromatic heterocycles. The Labute approximate surface area is 251 Å². The van der Waals surface area contributed by atoms with Gasteiger partial charge in [-0.3, -0.25) is 19.4 Å². The van der Waals surface area contributed by atoms with E-state index in [1.54, 1.807) is 36.4 Å². The average Bonchev–Trinajstić information content (AvgIpc) is 3.70. The van der Waals surface area contributed by atoms with Crippen molar-refractivity contribution in [3.8, 4) is 0 Å². The van der Waals surface area contributed by atoms with E-state index >= 15 is 0 Å². The molecule has 2 aliphatic rings. The van der Waals surface area contributed by atoms with Crippen LogP contribution in [0.2, 0.25) is 0 Å². The number of ether oxygens (including phenoxy) is 2. The fourth-order valence-corrected chi connectivity index (χ4v) is 4.87. The normalized spacial score (nSPS) is 17.8. The molecule has 0 radical (unpaired) electrons. The van der Waals surface area contributed by atoms with Gasteiger partial charge >= 0.3 is 12.2 Å². The van der Waals surface area contributed by atoms with Crippen molar-refractivity contribution in [1.29, 1.82) is 0 Å². The number of amides is 4. The summed E-state index contributed by atoms with van der Waals surface area (Å²) in [5, 5.41) is 23.9. The summed E-state index contributed by atoms with van der Waals surface area (Å²) in [7, 11) is 0. The number of anilines is 3. The molecule has 0 aliphatic carbocycles. The largest absolute Gasteiger partial charge is 0.465 e. The maximum atomic E-state index is 13.7. The third kappa shape index (κ3) is 7.22. The van der Waals surface area contributed by atoms with E-state index in [1.165, 1.54) is 12.1 Å². The molecule has 230 valence electrons. The highest BCUT2D eigenvalue weighted by Gasteiger charge is 2.36. The zero-order chi connectivity index (χ0) is 31.2. The first kappa shape index (κ1) is 30.3. The Balaban J connectivity index is 1.24. The maximum absolute atomic E-state index is 13.7. The van der Waals surface area contributed by atoms with Gasteiger partial charge in [0, 0.05) is 30.2 Å². The van der Waals surface area contributed by atoms with Crippen molar-refractivity contribution >= 4 is 41.1 Å². The van der Waals surface area contributed by atoms with Crippen LogP contribution in [0.5, 0.6) is 0 Å². The van der Waals surface area contributed by atoms with Crippen molar-refractivity contribution in [3.63, 3.8) is 0 Å². The van der Waals surface area contributed by atoms with E-state index in [2.05, 4.69) is 10.6 Å². The van der Waals surface area contributed by atoms with Crippen LogP contribution in [-0.2, 0) is 32.2 Å². The second-order valence-corrected chi connectivity index (χ2v) is 10.2. The minimum atomic E-state index is -1.23. The molecule has 2 heterocycles. The maximum Gasteiger partial charge on any atom is 0.409 e. The van der Waals surface area contributed by atoms with Gasteiger partial charge in [-0.05, 0) is 59.7 Å². The third-order valence-corrected chi connectivity index (χ3v) is 7.24. The van der Waals surface area contributed by atoms with Gasteiger partial charge in [0.05, 0.1) is 13.2 Å². The van der Waals surface area contributed by atoms with E-state index in [-0.39, 0.29) is 32.5 Å². The zero-order valence-electron chi connectivity index (χ0n) is 23.4. The number of nitrogens with one attached hydrogen (secondary N) is 2. The number of nitrogens with zero attached hydrogens (tertiary/aromatic N) is 3. The van der Waals surface area contributed by atoms with Gasteiger partial charge in [-0.2, -0.15) is 0 Å². The van der Waals surface area contributed by atoms with Crippen LogP contribution in [-0.4, -0.2) is 82.8 Å². The van der Waals surface area contributed by atoms with Gasteiger partial charge < -0.3 is 35.2 Å². The van der Waals surface area contributed by atoms with Gasteiger partial charge in [0.15, 0.2) is 0 Å². The number of hydrogen-bond donors (Lipinski definition) is 4. The minimum Gasteiger partial charge on any atom is -0.465 e.